The molecule has 0 saturated carbocycles. The first-order valence-corrected chi connectivity index (χ1v) is 5.51. The third-order valence-electron chi connectivity index (χ3n) is 1.77. The number of carbonyl (C=O) groups is 1. The van der Waals surface area contributed by atoms with E-state index < -0.39 is 0 Å². The van der Waals surface area contributed by atoms with Crippen molar-refractivity contribution in [2.24, 2.45) is 0 Å². The molecule has 0 radical (unpaired) electrons. The van der Waals surface area contributed by atoms with E-state index in [1.807, 2.05) is 24.3 Å². The van der Waals surface area contributed by atoms with Crippen molar-refractivity contribution in [3.8, 4) is 0 Å². The smallest absolute Gasteiger partial charge is 0.333 e. The molecular formula is C11H13NO2S. The standard InChI is InChI=1S/C11H13NO2S/c1-9(11(13)14-2)6-8-15-10-5-3-4-7-12-10/h3-7H,8H2,1-2H3. The Morgan fingerprint density at radius 1 is 1.60 bits per heavy atom. The van der Waals surface area contributed by atoms with Crippen LogP contribution in [0.2, 0.25) is 0 Å². The molecule has 3 nitrogen and oxygen atoms in total. The predicted octanol–water partition coefficient (Wildman–Crippen LogP) is 2.29. The van der Waals surface area contributed by atoms with Crippen molar-refractivity contribution in [1.29, 1.82) is 0 Å². The first kappa shape index (κ1) is 11.8. The largest absolute Gasteiger partial charge is 0.466 e. The number of aromatic nitrogens is 1. The molecule has 0 saturated heterocycles. The minimum atomic E-state index is -0.281. The second kappa shape index (κ2) is 6.24. The number of nitrogens with zero attached hydrogens (tertiary/aromatic N) is 1. The van der Waals surface area contributed by atoms with Gasteiger partial charge >= 0.3 is 5.97 Å². The molecule has 0 aliphatic carbocycles. The Bertz CT molecular complexity index is 349. The van der Waals surface area contributed by atoms with Crippen molar-refractivity contribution in [2.45, 2.75) is 11.9 Å². The summed E-state index contributed by atoms with van der Waals surface area (Å²) < 4.78 is 4.58. The van der Waals surface area contributed by atoms with E-state index in [1.54, 1.807) is 24.9 Å². The van der Waals surface area contributed by atoms with Gasteiger partial charge < -0.3 is 4.74 Å². The molecule has 1 aromatic heterocycles. The average Bonchev–Trinajstić information content (AvgIpc) is 2.29. The maximum atomic E-state index is 11.0. The first-order chi connectivity index (χ1) is 7.24. The van der Waals surface area contributed by atoms with Crippen LogP contribution >= 0.6 is 11.8 Å². The van der Waals surface area contributed by atoms with Crippen LogP contribution in [-0.2, 0) is 9.53 Å². The lowest BCUT2D eigenvalue weighted by Crippen LogP contribution is -2.01. The summed E-state index contributed by atoms with van der Waals surface area (Å²) in [4.78, 5) is 15.2. The lowest BCUT2D eigenvalue weighted by Gasteiger charge is -1.99. The van der Waals surface area contributed by atoms with E-state index in [1.165, 1.54) is 7.11 Å². The lowest BCUT2D eigenvalue weighted by atomic mass is 10.3. The van der Waals surface area contributed by atoms with Gasteiger partial charge in [0.1, 0.15) is 0 Å². The molecule has 0 unspecified atom stereocenters. The van der Waals surface area contributed by atoms with E-state index in [9.17, 15) is 4.79 Å². The Balaban J connectivity index is 2.42. The number of pyridine rings is 1. The summed E-state index contributed by atoms with van der Waals surface area (Å²) in [6.45, 7) is 1.74. The molecule has 0 aliphatic rings. The zero-order valence-electron chi connectivity index (χ0n) is 8.77. The number of methoxy groups -OCH3 is 1. The number of thioether (sulfide) groups is 1. The highest BCUT2D eigenvalue weighted by Gasteiger charge is 2.01. The summed E-state index contributed by atoms with van der Waals surface area (Å²) in [7, 11) is 1.38. The van der Waals surface area contributed by atoms with Gasteiger partial charge in [0.15, 0.2) is 0 Å². The van der Waals surface area contributed by atoms with Crippen molar-refractivity contribution >= 4 is 17.7 Å². The predicted molar refractivity (Wildman–Crippen MR) is 60.7 cm³/mol. The van der Waals surface area contributed by atoms with Gasteiger partial charge in [-0.3, -0.25) is 0 Å². The van der Waals surface area contributed by atoms with Gasteiger partial charge in [0.05, 0.1) is 12.1 Å². The fraction of sp³-hybridized carbons (Fsp3) is 0.273. The Labute approximate surface area is 93.5 Å². The van der Waals surface area contributed by atoms with Gasteiger partial charge in [-0.15, -0.1) is 11.8 Å². The van der Waals surface area contributed by atoms with Crippen molar-refractivity contribution < 1.29 is 9.53 Å². The Morgan fingerprint density at radius 3 is 3.00 bits per heavy atom. The second-order valence-corrected chi connectivity index (χ2v) is 3.90. The Morgan fingerprint density at radius 2 is 2.40 bits per heavy atom. The van der Waals surface area contributed by atoms with E-state index in [4.69, 9.17) is 0 Å². The van der Waals surface area contributed by atoms with Crippen molar-refractivity contribution in [2.75, 3.05) is 12.9 Å². The molecule has 0 aliphatic heterocycles. The van der Waals surface area contributed by atoms with E-state index in [-0.39, 0.29) is 5.97 Å². The van der Waals surface area contributed by atoms with E-state index in [0.29, 0.717) is 5.57 Å². The van der Waals surface area contributed by atoms with E-state index >= 15 is 0 Å². The van der Waals surface area contributed by atoms with Crippen LogP contribution in [-0.4, -0.2) is 23.8 Å². The fourth-order valence-electron chi connectivity index (χ4n) is 0.929. The highest BCUT2D eigenvalue weighted by Crippen LogP contribution is 2.14. The number of carbonyl (C=O) groups excluding carboxylic acids is 1. The van der Waals surface area contributed by atoms with Crippen molar-refractivity contribution in [3.63, 3.8) is 0 Å². The van der Waals surface area contributed by atoms with Gasteiger partial charge in [-0.05, 0) is 19.1 Å². The third kappa shape index (κ3) is 4.16. The Kier molecular flexibility index (Phi) is 4.90. The van der Waals surface area contributed by atoms with Gasteiger partial charge in [-0.25, -0.2) is 9.78 Å². The summed E-state index contributed by atoms with van der Waals surface area (Å²) in [5, 5.41) is 0.950. The van der Waals surface area contributed by atoms with Gasteiger partial charge in [-0.1, -0.05) is 12.1 Å². The normalized spacial score (nSPS) is 11.2. The molecule has 0 N–H and O–H groups in total. The molecule has 0 fully saturated rings. The first-order valence-electron chi connectivity index (χ1n) is 4.53. The minimum Gasteiger partial charge on any atom is -0.466 e. The molecule has 1 rings (SSSR count). The van der Waals surface area contributed by atoms with Gasteiger partial charge in [0.25, 0.3) is 0 Å². The zero-order chi connectivity index (χ0) is 11.1. The third-order valence-corrected chi connectivity index (χ3v) is 2.64. The summed E-state index contributed by atoms with van der Waals surface area (Å²) >= 11 is 1.58. The van der Waals surface area contributed by atoms with Gasteiger partial charge in [0.2, 0.25) is 0 Å². The maximum Gasteiger partial charge on any atom is 0.333 e. The fourth-order valence-corrected chi connectivity index (χ4v) is 1.74. The summed E-state index contributed by atoms with van der Waals surface area (Å²) in [5.74, 6) is 0.439. The highest BCUT2D eigenvalue weighted by molar-refractivity contribution is 7.99. The molecule has 0 atom stereocenters. The van der Waals surface area contributed by atoms with Crippen LogP contribution < -0.4 is 0 Å². The Hall–Kier alpha value is -1.29. The molecule has 15 heavy (non-hydrogen) atoms. The van der Waals surface area contributed by atoms with Crippen LogP contribution in [0.3, 0.4) is 0 Å². The number of hydrogen-bond acceptors (Lipinski definition) is 4. The lowest BCUT2D eigenvalue weighted by molar-refractivity contribution is -0.136. The van der Waals surface area contributed by atoms with E-state index in [0.717, 1.165) is 10.8 Å². The molecular weight excluding hydrogens is 210 g/mol. The maximum absolute atomic E-state index is 11.0. The molecule has 80 valence electrons. The van der Waals surface area contributed by atoms with Crippen LogP contribution in [0.4, 0.5) is 0 Å². The number of hydrogen-bond donors (Lipinski definition) is 0. The van der Waals surface area contributed by atoms with Crippen LogP contribution in [0.25, 0.3) is 0 Å². The van der Waals surface area contributed by atoms with Crippen molar-refractivity contribution in [1.82, 2.24) is 4.98 Å². The van der Waals surface area contributed by atoms with Gasteiger partial charge in [-0.2, -0.15) is 0 Å². The number of esters is 1. The zero-order valence-corrected chi connectivity index (χ0v) is 9.58. The molecule has 0 bridgehead atoms. The highest BCUT2D eigenvalue weighted by atomic mass is 32.2. The average molecular weight is 223 g/mol. The van der Waals surface area contributed by atoms with Gasteiger partial charge in [0, 0.05) is 17.5 Å². The quantitative estimate of drug-likeness (QED) is 0.446. The molecule has 0 amide bonds. The number of rotatable bonds is 4. The summed E-state index contributed by atoms with van der Waals surface area (Å²) in [5.41, 5.74) is 0.626. The molecule has 4 heteroatoms. The SMILES string of the molecule is COC(=O)C(C)=CCSc1ccccn1. The van der Waals surface area contributed by atoms with Crippen molar-refractivity contribution in [3.05, 3.63) is 36.0 Å². The molecule has 0 aromatic carbocycles. The summed E-state index contributed by atoms with van der Waals surface area (Å²) in [6.07, 6.45) is 3.59. The monoisotopic (exact) mass is 223 g/mol. The minimum absolute atomic E-state index is 0.281. The van der Waals surface area contributed by atoms with Crippen LogP contribution in [0.1, 0.15) is 6.92 Å². The van der Waals surface area contributed by atoms with Crippen LogP contribution in [0, 0.1) is 0 Å². The van der Waals surface area contributed by atoms with Crippen LogP contribution in [0.5, 0.6) is 0 Å². The molecule has 1 aromatic rings. The second-order valence-electron chi connectivity index (χ2n) is 2.86. The molecule has 0 spiro atoms. The topological polar surface area (TPSA) is 39.2 Å². The summed E-state index contributed by atoms with van der Waals surface area (Å²) in [6, 6.07) is 5.75. The molecule has 1 heterocycles. The number of ether oxygens (including phenoxy) is 1. The van der Waals surface area contributed by atoms with Crippen LogP contribution in [0.15, 0.2) is 41.1 Å². The van der Waals surface area contributed by atoms with E-state index in [2.05, 4.69) is 9.72 Å².